The van der Waals surface area contributed by atoms with Crippen molar-refractivity contribution in [1.29, 1.82) is 0 Å². The van der Waals surface area contributed by atoms with Crippen LogP contribution >= 0.6 is 24.0 Å². The average Bonchev–Trinajstić information content (AvgIpc) is 2.62. The molecular formula is C19H19Cl2N3O3. The van der Waals surface area contributed by atoms with Crippen LogP contribution in [0.2, 0.25) is 5.02 Å². The molecule has 8 heteroatoms. The Hall–Kier alpha value is -2.57. The third kappa shape index (κ3) is 4.40. The van der Waals surface area contributed by atoms with Crippen molar-refractivity contribution < 1.29 is 14.3 Å². The van der Waals surface area contributed by atoms with Gasteiger partial charge < -0.3 is 14.8 Å². The molecule has 3 aromatic rings. The standard InChI is InChI=1S/C19H18ClN3O3.ClH/c1-4-26-19(24)14-10-21-18-13(7-5-11(2)22-18)17(14)23-12-6-8-16(25-3)15(20)9-12;/h5-10H,4H2,1-3H3,(H,21,22,23);1H. The lowest BCUT2D eigenvalue weighted by Gasteiger charge is -2.15. The fraction of sp³-hybridized carbons (Fsp3) is 0.211. The minimum Gasteiger partial charge on any atom is -0.495 e. The molecule has 27 heavy (non-hydrogen) atoms. The van der Waals surface area contributed by atoms with Crippen LogP contribution in [0.5, 0.6) is 5.75 Å². The highest BCUT2D eigenvalue weighted by Gasteiger charge is 2.18. The Morgan fingerprint density at radius 3 is 2.70 bits per heavy atom. The number of anilines is 2. The molecule has 0 aliphatic rings. The number of hydrogen-bond donors (Lipinski definition) is 1. The summed E-state index contributed by atoms with van der Waals surface area (Å²) in [6, 6.07) is 9.03. The molecule has 0 spiro atoms. The van der Waals surface area contributed by atoms with Gasteiger partial charge in [-0.1, -0.05) is 11.6 Å². The molecule has 1 N–H and O–H groups in total. The number of fused-ring (bicyclic) bond motifs is 1. The lowest BCUT2D eigenvalue weighted by atomic mass is 10.1. The van der Waals surface area contributed by atoms with E-state index in [1.165, 1.54) is 6.20 Å². The van der Waals surface area contributed by atoms with E-state index in [0.717, 1.165) is 5.69 Å². The second kappa shape index (κ2) is 8.88. The fourth-order valence-corrected chi connectivity index (χ4v) is 2.82. The number of methoxy groups -OCH3 is 1. The van der Waals surface area contributed by atoms with Gasteiger partial charge in [-0.2, -0.15) is 0 Å². The number of nitrogens with one attached hydrogen (secondary N) is 1. The number of halogens is 2. The molecule has 0 saturated heterocycles. The highest BCUT2D eigenvalue weighted by Crippen LogP contribution is 2.32. The topological polar surface area (TPSA) is 73.3 Å². The zero-order chi connectivity index (χ0) is 18.7. The van der Waals surface area contributed by atoms with Gasteiger partial charge in [0.15, 0.2) is 5.65 Å². The van der Waals surface area contributed by atoms with Crippen molar-refractivity contribution in [2.24, 2.45) is 0 Å². The third-order valence-corrected chi connectivity index (χ3v) is 4.08. The summed E-state index contributed by atoms with van der Waals surface area (Å²) in [5, 5.41) is 4.42. The predicted molar refractivity (Wildman–Crippen MR) is 109 cm³/mol. The SMILES string of the molecule is CCOC(=O)c1cnc2nc(C)ccc2c1Nc1ccc(OC)c(Cl)c1.Cl. The molecule has 1 aromatic carbocycles. The number of rotatable bonds is 5. The first-order chi connectivity index (χ1) is 12.5. The third-order valence-electron chi connectivity index (χ3n) is 3.79. The van der Waals surface area contributed by atoms with Crippen LogP contribution in [0.25, 0.3) is 11.0 Å². The van der Waals surface area contributed by atoms with Crippen LogP contribution in [0, 0.1) is 6.92 Å². The number of carbonyl (C=O) groups is 1. The van der Waals surface area contributed by atoms with Gasteiger partial charge in [0.05, 0.1) is 24.4 Å². The zero-order valence-corrected chi connectivity index (χ0v) is 16.6. The average molecular weight is 408 g/mol. The van der Waals surface area contributed by atoms with Crippen LogP contribution in [-0.2, 0) is 4.74 Å². The fourth-order valence-electron chi connectivity index (χ4n) is 2.56. The number of carbonyl (C=O) groups excluding carboxylic acids is 1. The molecule has 0 radical (unpaired) electrons. The van der Waals surface area contributed by atoms with Crippen molar-refractivity contribution in [3.8, 4) is 5.75 Å². The van der Waals surface area contributed by atoms with Gasteiger partial charge >= 0.3 is 5.97 Å². The molecular weight excluding hydrogens is 389 g/mol. The normalized spacial score (nSPS) is 10.2. The van der Waals surface area contributed by atoms with Crippen LogP contribution in [0.3, 0.4) is 0 Å². The molecule has 2 aromatic heterocycles. The molecule has 0 aliphatic heterocycles. The summed E-state index contributed by atoms with van der Waals surface area (Å²) in [6.45, 7) is 3.92. The van der Waals surface area contributed by atoms with E-state index in [0.29, 0.717) is 38.7 Å². The van der Waals surface area contributed by atoms with E-state index < -0.39 is 5.97 Å². The smallest absolute Gasteiger partial charge is 0.341 e. The molecule has 6 nitrogen and oxygen atoms in total. The van der Waals surface area contributed by atoms with E-state index in [4.69, 9.17) is 21.1 Å². The summed E-state index contributed by atoms with van der Waals surface area (Å²) in [6.07, 6.45) is 1.47. The van der Waals surface area contributed by atoms with Crippen molar-refractivity contribution in [3.63, 3.8) is 0 Å². The van der Waals surface area contributed by atoms with Crippen molar-refractivity contribution in [2.75, 3.05) is 19.0 Å². The Bertz CT molecular complexity index is 980. The second-order valence-corrected chi connectivity index (χ2v) is 5.97. The molecule has 3 rings (SSSR count). The lowest BCUT2D eigenvalue weighted by Crippen LogP contribution is -2.09. The molecule has 0 fully saturated rings. The summed E-state index contributed by atoms with van der Waals surface area (Å²) in [4.78, 5) is 21.1. The Morgan fingerprint density at radius 2 is 2.04 bits per heavy atom. The first-order valence-corrected chi connectivity index (χ1v) is 8.45. The van der Waals surface area contributed by atoms with Gasteiger partial charge in [0, 0.05) is 23.0 Å². The summed E-state index contributed by atoms with van der Waals surface area (Å²) in [5.41, 5.74) is 2.99. The highest BCUT2D eigenvalue weighted by molar-refractivity contribution is 6.32. The Labute approximate surface area is 168 Å². The van der Waals surface area contributed by atoms with Crippen LogP contribution < -0.4 is 10.1 Å². The molecule has 0 atom stereocenters. The van der Waals surface area contributed by atoms with Gasteiger partial charge in [0.2, 0.25) is 0 Å². The number of nitrogens with zero attached hydrogens (tertiary/aromatic N) is 2. The van der Waals surface area contributed by atoms with Crippen LogP contribution in [-0.4, -0.2) is 29.7 Å². The van der Waals surface area contributed by atoms with E-state index in [2.05, 4.69) is 15.3 Å². The maximum Gasteiger partial charge on any atom is 0.341 e. The molecule has 142 valence electrons. The van der Waals surface area contributed by atoms with E-state index in [1.54, 1.807) is 26.2 Å². The van der Waals surface area contributed by atoms with Gasteiger partial charge in [-0.15, -0.1) is 12.4 Å². The zero-order valence-electron chi connectivity index (χ0n) is 15.1. The molecule has 0 aliphatic carbocycles. The van der Waals surface area contributed by atoms with Crippen molar-refractivity contribution in [3.05, 3.63) is 52.8 Å². The molecule has 2 heterocycles. The monoisotopic (exact) mass is 407 g/mol. The Balaban J connectivity index is 0.00000261. The number of benzene rings is 1. The van der Waals surface area contributed by atoms with E-state index in [1.807, 2.05) is 25.1 Å². The van der Waals surface area contributed by atoms with Crippen LogP contribution in [0.15, 0.2) is 36.5 Å². The first kappa shape index (κ1) is 20.7. The van der Waals surface area contributed by atoms with Crippen molar-refractivity contribution in [2.45, 2.75) is 13.8 Å². The van der Waals surface area contributed by atoms with Gasteiger partial charge in [-0.25, -0.2) is 14.8 Å². The summed E-state index contributed by atoms with van der Waals surface area (Å²) < 4.78 is 10.3. The number of aryl methyl sites for hydroxylation is 1. The predicted octanol–water partition coefficient (Wildman–Crippen LogP) is 4.94. The lowest BCUT2D eigenvalue weighted by molar-refractivity contribution is 0.0527. The molecule has 0 unspecified atom stereocenters. The molecule has 0 saturated carbocycles. The summed E-state index contributed by atoms with van der Waals surface area (Å²) >= 11 is 6.21. The van der Waals surface area contributed by atoms with Crippen LogP contribution in [0.4, 0.5) is 11.4 Å². The van der Waals surface area contributed by atoms with E-state index >= 15 is 0 Å². The van der Waals surface area contributed by atoms with Gasteiger partial charge in [0.1, 0.15) is 11.3 Å². The molecule has 0 amide bonds. The highest BCUT2D eigenvalue weighted by atomic mass is 35.5. The van der Waals surface area contributed by atoms with E-state index in [9.17, 15) is 4.79 Å². The second-order valence-electron chi connectivity index (χ2n) is 5.57. The molecule has 0 bridgehead atoms. The van der Waals surface area contributed by atoms with E-state index in [-0.39, 0.29) is 19.0 Å². The number of hydrogen-bond acceptors (Lipinski definition) is 6. The quantitative estimate of drug-likeness (QED) is 0.603. The van der Waals surface area contributed by atoms with Crippen molar-refractivity contribution >= 4 is 52.4 Å². The first-order valence-electron chi connectivity index (χ1n) is 8.07. The number of pyridine rings is 2. The summed E-state index contributed by atoms with van der Waals surface area (Å²) in [5.74, 6) is 0.115. The minimum atomic E-state index is -0.454. The minimum absolute atomic E-state index is 0. The van der Waals surface area contributed by atoms with Gasteiger partial charge in [0.25, 0.3) is 0 Å². The van der Waals surface area contributed by atoms with Crippen molar-refractivity contribution in [1.82, 2.24) is 9.97 Å². The number of ether oxygens (including phenoxy) is 2. The Kier molecular flexibility index (Phi) is 6.82. The maximum absolute atomic E-state index is 12.4. The number of esters is 1. The number of aromatic nitrogens is 2. The van der Waals surface area contributed by atoms with Crippen LogP contribution in [0.1, 0.15) is 23.0 Å². The summed E-state index contributed by atoms with van der Waals surface area (Å²) in [7, 11) is 1.55. The van der Waals surface area contributed by atoms with Gasteiger partial charge in [-0.3, -0.25) is 0 Å². The maximum atomic E-state index is 12.4. The largest absolute Gasteiger partial charge is 0.495 e. The van der Waals surface area contributed by atoms with Gasteiger partial charge in [-0.05, 0) is 44.2 Å². The Morgan fingerprint density at radius 1 is 1.26 bits per heavy atom.